The molecule has 0 rings (SSSR count). The fourth-order valence-electron chi connectivity index (χ4n) is 0. The van der Waals surface area contributed by atoms with Crippen LogP contribution in [-0.4, -0.2) is 0 Å². The maximum atomic E-state index is 8.48. The van der Waals surface area contributed by atoms with E-state index in [0.717, 1.165) is 0 Å². The van der Waals surface area contributed by atoms with Crippen LogP contribution in [0.2, 0.25) is 0 Å². The molecule has 0 saturated carbocycles. The van der Waals surface area contributed by atoms with Crippen LogP contribution in [-0.2, 0) is 45.7 Å². The van der Waals surface area contributed by atoms with Crippen molar-refractivity contribution in [2.75, 3.05) is 0 Å². The Kier molecular flexibility index (Phi) is 57.7. The minimum absolute atomic E-state index is 0. The van der Waals surface area contributed by atoms with Gasteiger partial charge in [0.05, 0.1) is 0 Å². The van der Waals surface area contributed by atoms with Gasteiger partial charge in [0.25, 0.3) is 0 Å². The van der Waals surface area contributed by atoms with E-state index in [1.807, 2.05) is 0 Å². The van der Waals surface area contributed by atoms with Crippen LogP contribution in [0.4, 0.5) is 0 Å². The molecule has 0 atom stereocenters. The van der Waals surface area contributed by atoms with Crippen LogP contribution >= 0.6 is 39.5 Å². The zero-order valence-electron chi connectivity index (χ0n) is 9.36. The first kappa shape index (κ1) is 37.5. The summed E-state index contributed by atoms with van der Waals surface area (Å²) in [5.41, 5.74) is 0. The predicted octanol–water partition coefficient (Wildman–Crippen LogP) is -5.82. The van der Waals surface area contributed by atoms with Gasteiger partial charge < -0.3 is 24.5 Å². The van der Waals surface area contributed by atoms with E-state index in [4.69, 9.17) is 70.1 Å². The van der Waals surface area contributed by atoms with Crippen molar-refractivity contribution in [1.82, 2.24) is 0 Å². The van der Waals surface area contributed by atoms with E-state index in [2.05, 4.69) is 0 Å². The molecule has 0 heterocycles. The SMILES string of the molecule is O=P(=O)[O-].O=P(=O)[O-].O=P(=O)[O-].O=P(=O)[O-].O=P(=O)[O-].[Na+]. The molecular weight excluding hydrogens is 418 g/mol. The van der Waals surface area contributed by atoms with E-state index in [1.165, 1.54) is 0 Å². The third kappa shape index (κ3) is 75500. The molecule has 0 N–H and O–H groups in total. The van der Waals surface area contributed by atoms with Crippen LogP contribution in [0.3, 0.4) is 0 Å². The van der Waals surface area contributed by atoms with Crippen LogP contribution in [0.5, 0.6) is 0 Å². The first-order chi connectivity index (χ1) is 8.66. The normalized spacial score (nSPS) is 5.95. The first-order valence-corrected chi connectivity index (χ1v) is 8.22. The predicted molar refractivity (Wildman–Crippen MR) is 41.5 cm³/mol. The third-order valence-electron chi connectivity index (χ3n) is 0. The molecule has 0 aliphatic carbocycles. The van der Waals surface area contributed by atoms with Crippen molar-refractivity contribution in [1.29, 1.82) is 0 Å². The molecule has 0 radical (unpaired) electrons. The minimum Gasteiger partial charge on any atom is -0.744 e. The van der Waals surface area contributed by atoms with Gasteiger partial charge in [-0.2, -0.15) is 0 Å². The van der Waals surface area contributed by atoms with Gasteiger partial charge in [0.15, 0.2) is 0 Å². The Labute approximate surface area is 139 Å². The van der Waals surface area contributed by atoms with Crippen LogP contribution < -0.4 is 54.0 Å². The molecule has 0 fully saturated rings. The molecule has 0 saturated heterocycles. The quantitative estimate of drug-likeness (QED) is 0.261. The number of hydrogen-bond donors (Lipinski definition) is 0. The number of rotatable bonds is 0. The topological polar surface area (TPSA) is 286 Å². The fourth-order valence-corrected chi connectivity index (χ4v) is 0. The molecule has 0 aromatic heterocycles. The zero-order chi connectivity index (χ0) is 17.9. The van der Waals surface area contributed by atoms with E-state index in [9.17, 15) is 0 Å². The Morgan fingerprint density at radius 1 is 0.333 bits per heavy atom. The van der Waals surface area contributed by atoms with Crippen molar-refractivity contribution >= 4 is 39.5 Å². The van der Waals surface area contributed by atoms with Gasteiger partial charge in [-0.15, -0.1) is 0 Å². The summed E-state index contributed by atoms with van der Waals surface area (Å²) in [5.74, 6) is 0. The molecular formula is NaO15P5-4. The Morgan fingerprint density at radius 3 is 0.333 bits per heavy atom. The Morgan fingerprint density at radius 2 is 0.333 bits per heavy atom. The van der Waals surface area contributed by atoms with E-state index >= 15 is 0 Å². The van der Waals surface area contributed by atoms with E-state index in [1.54, 1.807) is 0 Å². The van der Waals surface area contributed by atoms with Gasteiger partial charge in [-0.1, -0.05) is 0 Å². The van der Waals surface area contributed by atoms with Gasteiger partial charge in [0, 0.05) is 0 Å². The monoisotopic (exact) mass is 418 g/mol. The minimum atomic E-state index is -3.37. The van der Waals surface area contributed by atoms with Gasteiger partial charge in [0.1, 0.15) is 0 Å². The van der Waals surface area contributed by atoms with Crippen LogP contribution in [0.25, 0.3) is 0 Å². The Balaban J connectivity index is -0.0000000331. The molecule has 0 bridgehead atoms. The molecule has 0 amide bonds. The molecule has 0 aliphatic heterocycles. The first-order valence-electron chi connectivity index (χ1n) is 2.74. The van der Waals surface area contributed by atoms with Crippen LogP contribution in [0, 0.1) is 0 Å². The van der Waals surface area contributed by atoms with Crippen molar-refractivity contribution in [3.8, 4) is 0 Å². The smallest absolute Gasteiger partial charge is 0.744 e. The standard InChI is InChI=1S/Na.5HO3P/c;5*1-4(2)3/h;5*(H,1,2,3)/q+1;;;;;/p-5. The van der Waals surface area contributed by atoms with Crippen LogP contribution in [0.15, 0.2) is 0 Å². The molecule has 0 aromatic rings. The molecule has 120 valence electrons. The zero-order valence-corrected chi connectivity index (χ0v) is 15.8. The maximum absolute atomic E-state index is 8.48. The van der Waals surface area contributed by atoms with Gasteiger partial charge in [0.2, 0.25) is 39.5 Å². The summed E-state index contributed by atoms with van der Waals surface area (Å²) in [4.78, 5) is 42.4. The molecule has 0 spiro atoms. The molecule has 0 aliphatic rings. The maximum Gasteiger partial charge on any atom is 1.00 e. The second-order valence-electron chi connectivity index (χ2n) is 1.12. The Hall–Kier alpha value is 0.300. The summed E-state index contributed by atoms with van der Waals surface area (Å²) in [6.45, 7) is 0. The second-order valence-corrected chi connectivity index (χ2v) is 3.35. The van der Waals surface area contributed by atoms with Crippen molar-refractivity contribution in [3.05, 3.63) is 0 Å². The van der Waals surface area contributed by atoms with Crippen molar-refractivity contribution in [3.63, 3.8) is 0 Å². The summed E-state index contributed by atoms with van der Waals surface area (Å²) in [5, 5.41) is 0. The number of hydrogen-bond acceptors (Lipinski definition) is 15. The van der Waals surface area contributed by atoms with Crippen molar-refractivity contribution < 1.29 is 99.7 Å². The largest absolute Gasteiger partial charge is 1.00 e. The summed E-state index contributed by atoms with van der Waals surface area (Å²) in [7, 11) is -16.9. The molecule has 21 heteroatoms. The van der Waals surface area contributed by atoms with Gasteiger partial charge in [-0.3, -0.25) is 45.7 Å². The summed E-state index contributed by atoms with van der Waals surface area (Å²) < 4.78 is 84.8. The van der Waals surface area contributed by atoms with Crippen molar-refractivity contribution in [2.45, 2.75) is 0 Å². The third-order valence-corrected chi connectivity index (χ3v) is 0. The summed E-state index contributed by atoms with van der Waals surface area (Å²) in [6, 6.07) is 0. The summed E-state index contributed by atoms with van der Waals surface area (Å²) >= 11 is 0. The van der Waals surface area contributed by atoms with Gasteiger partial charge in [-0.05, 0) is 0 Å². The molecule has 15 nitrogen and oxygen atoms in total. The molecule has 21 heavy (non-hydrogen) atoms. The van der Waals surface area contributed by atoms with Crippen molar-refractivity contribution in [2.24, 2.45) is 0 Å². The average molecular weight is 418 g/mol. The van der Waals surface area contributed by atoms with Gasteiger partial charge >= 0.3 is 29.6 Å². The average Bonchev–Trinajstić information content (AvgIpc) is 1.94. The second kappa shape index (κ2) is 32.3. The fraction of sp³-hybridized carbons (Fsp3) is 0. The van der Waals surface area contributed by atoms with Gasteiger partial charge in [-0.25, -0.2) is 0 Å². The van der Waals surface area contributed by atoms with E-state index in [-0.39, 0.29) is 29.6 Å². The van der Waals surface area contributed by atoms with E-state index in [0.29, 0.717) is 0 Å². The molecule has 0 aromatic carbocycles. The van der Waals surface area contributed by atoms with E-state index < -0.39 is 39.5 Å². The summed E-state index contributed by atoms with van der Waals surface area (Å²) in [6.07, 6.45) is 0. The van der Waals surface area contributed by atoms with Crippen LogP contribution in [0.1, 0.15) is 0 Å². The Bertz CT molecular complexity index is 380. The molecule has 0 unspecified atom stereocenters.